The van der Waals surface area contributed by atoms with Gasteiger partial charge in [0.2, 0.25) is 5.91 Å². The van der Waals surface area contributed by atoms with Gasteiger partial charge < -0.3 is 27.2 Å². The molecule has 0 saturated heterocycles. The fourth-order valence-electron chi connectivity index (χ4n) is 1.58. The number of carboxylic acids is 1. The summed E-state index contributed by atoms with van der Waals surface area (Å²) in [5.74, 6) is -1.44. The predicted octanol–water partition coefficient (Wildman–Crippen LogP) is 1.09. The highest BCUT2D eigenvalue weighted by Gasteiger charge is 2.14. The molecular formula is C14H20Cl2N4O4. The molecule has 10 heteroatoms. The number of carbonyl (C=O) groups is 3. The number of rotatable bonds is 7. The normalized spacial score (nSPS) is 11.0. The van der Waals surface area contributed by atoms with E-state index in [1.54, 1.807) is 18.2 Å². The van der Waals surface area contributed by atoms with Crippen LogP contribution in [0.2, 0.25) is 10.0 Å². The smallest absolute Gasteiger partial charge is 0.320 e. The molecule has 0 spiro atoms. The highest BCUT2D eigenvalue weighted by molar-refractivity contribution is 6.34. The molecule has 1 rings (SSSR count). The molecule has 24 heavy (non-hydrogen) atoms. The topological polar surface area (TPSA) is 148 Å². The summed E-state index contributed by atoms with van der Waals surface area (Å²) in [7, 11) is 1.53. The third kappa shape index (κ3) is 10.7. The second-order valence-corrected chi connectivity index (χ2v) is 5.55. The lowest BCUT2D eigenvalue weighted by Crippen LogP contribution is -2.34. The van der Waals surface area contributed by atoms with Crippen molar-refractivity contribution in [2.75, 3.05) is 7.05 Å². The van der Waals surface area contributed by atoms with E-state index in [1.165, 1.54) is 7.05 Å². The van der Waals surface area contributed by atoms with Crippen LogP contribution in [-0.2, 0) is 16.1 Å². The average Bonchev–Trinajstić information content (AvgIpc) is 2.45. The number of benzene rings is 1. The van der Waals surface area contributed by atoms with Crippen molar-refractivity contribution < 1.29 is 19.5 Å². The minimum Gasteiger partial charge on any atom is -0.480 e. The van der Waals surface area contributed by atoms with Gasteiger partial charge in [-0.15, -0.1) is 0 Å². The summed E-state index contributed by atoms with van der Waals surface area (Å²) in [5, 5.41) is 14.5. The molecule has 3 amide bonds. The fourth-order valence-corrected chi connectivity index (χ4v) is 2.15. The lowest BCUT2D eigenvalue weighted by Gasteiger charge is -2.08. The summed E-state index contributed by atoms with van der Waals surface area (Å²) in [6.07, 6.45) is 0.332. The van der Waals surface area contributed by atoms with Crippen molar-refractivity contribution in [2.24, 2.45) is 11.5 Å². The number of likely N-dealkylation sites (N-methyl/N-ethyl adjacent to an activating group) is 1. The van der Waals surface area contributed by atoms with Crippen LogP contribution in [0.25, 0.3) is 0 Å². The molecule has 0 aliphatic heterocycles. The Kier molecular flexibility index (Phi) is 10.5. The number of carboxylic acid groups (broad SMARTS) is 1. The molecule has 8 nitrogen and oxygen atoms in total. The maximum Gasteiger partial charge on any atom is 0.320 e. The quantitative estimate of drug-likeness (QED) is 0.481. The number of urea groups is 1. The van der Waals surface area contributed by atoms with Gasteiger partial charge in [-0.3, -0.25) is 9.59 Å². The van der Waals surface area contributed by atoms with Crippen LogP contribution < -0.4 is 22.1 Å². The first-order valence-electron chi connectivity index (χ1n) is 6.82. The largest absolute Gasteiger partial charge is 0.480 e. The minimum atomic E-state index is -0.964. The van der Waals surface area contributed by atoms with E-state index in [2.05, 4.69) is 10.6 Å². The first kappa shape index (κ1) is 22.0. The van der Waals surface area contributed by atoms with Crippen molar-refractivity contribution in [3.8, 4) is 0 Å². The maximum atomic E-state index is 10.4. The molecule has 0 fully saturated rings. The van der Waals surface area contributed by atoms with Gasteiger partial charge in [-0.1, -0.05) is 23.2 Å². The van der Waals surface area contributed by atoms with E-state index in [0.717, 1.165) is 5.56 Å². The number of nitrogens with two attached hydrogens (primary N) is 2. The summed E-state index contributed by atoms with van der Waals surface area (Å²) in [5.41, 5.74) is 10.6. The van der Waals surface area contributed by atoms with Crippen LogP contribution in [0.1, 0.15) is 18.4 Å². The number of amides is 3. The molecule has 0 heterocycles. The third-order valence-corrected chi connectivity index (χ3v) is 3.15. The summed E-state index contributed by atoms with van der Waals surface area (Å²) < 4.78 is 0. The molecule has 1 aromatic rings. The van der Waals surface area contributed by atoms with Gasteiger partial charge in [-0.2, -0.15) is 0 Å². The monoisotopic (exact) mass is 378 g/mol. The zero-order valence-electron chi connectivity index (χ0n) is 13.0. The highest BCUT2D eigenvalue weighted by atomic mass is 35.5. The van der Waals surface area contributed by atoms with E-state index in [1.807, 2.05) is 0 Å². The number of hydrogen-bond acceptors (Lipinski definition) is 4. The van der Waals surface area contributed by atoms with Crippen molar-refractivity contribution in [1.82, 2.24) is 10.6 Å². The Hall–Kier alpha value is -2.03. The highest BCUT2D eigenvalue weighted by Crippen LogP contribution is 2.18. The Balaban J connectivity index is 0.000000449. The standard InChI is InChI=1S/C8H8Cl2N2O.C6H12N2O3/c9-6-1-5(2-7(10)3-6)4-12-8(11)13;1-8-4(6(10)11)2-3-5(7)9/h1-3H,4H2,(H3,11,12,13);4,8H,2-3H2,1H3,(H2,7,9)(H,10,11)/t;4-/m.0/s1. The molecule has 0 aromatic heterocycles. The SMILES string of the molecule is CN[C@@H](CCC(N)=O)C(=O)O.NC(=O)NCc1cc(Cl)cc(Cl)c1. The molecule has 0 saturated carbocycles. The Bertz CT molecular complexity index is 564. The first-order valence-corrected chi connectivity index (χ1v) is 7.58. The van der Waals surface area contributed by atoms with E-state index in [9.17, 15) is 14.4 Å². The van der Waals surface area contributed by atoms with E-state index in [4.69, 9.17) is 39.8 Å². The van der Waals surface area contributed by atoms with Crippen molar-refractivity contribution >= 4 is 41.1 Å². The molecule has 0 aliphatic rings. The number of aliphatic carboxylic acids is 1. The van der Waals surface area contributed by atoms with Crippen LogP contribution in [0, 0.1) is 0 Å². The Morgan fingerprint density at radius 2 is 1.71 bits per heavy atom. The summed E-state index contributed by atoms with van der Waals surface area (Å²) in [4.78, 5) is 31.0. The molecule has 0 unspecified atom stereocenters. The number of halogens is 2. The van der Waals surface area contributed by atoms with Crippen LogP contribution in [0.5, 0.6) is 0 Å². The summed E-state index contributed by atoms with van der Waals surface area (Å²) in [6, 6.07) is 3.79. The molecule has 7 N–H and O–H groups in total. The van der Waals surface area contributed by atoms with Gasteiger partial charge in [0.05, 0.1) is 0 Å². The number of hydrogen-bond donors (Lipinski definition) is 5. The van der Waals surface area contributed by atoms with Crippen molar-refractivity contribution in [3.63, 3.8) is 0 Å². The summed E-state index contributed by atoms with van der Waals surface area (Å²) >= 11 is 11.5. The number of primary amides is 2. The average molecular weight is 379 g/mol. The van der Waals surface area contributed by atoms with Gasteiger partial charge in [0, 0.05) is 23.0 Å². The van der Waals surface area contributed by atoms with Gasteiger partial charge >= 0.3 is 12.0 Å². The van der Waals surface area contributed by atoms with Crippen molar-refractivity contribution in [3.05, 3.63) is 33.8 Å². The van der Waals surface area contributed by atoms with Gasteiger partial charge in [0.1, 0.15) is 6.04 Å². The van der Waals surface area contributed by atoms with Crippen LogP contribution in [0.15, 0.2) is 18.2 Å². The van der Waals surface area contributed by atoms with E-state index in [0.29, 0.717) is 16.6 Å². The van der Waals surface area contributed by atoms with Gasteiger partial charge in [0.15, 0.2) is 0 Å². The van der Waals surface area contributed by atoms with Gasteiger partial charge in [0.25, 0.3) is 0 Å². The Labute approximate surface area is 149 Å². The molecule has 1 aromatic carbocycles. The van der Waals surface area contributed by atoms with E-state index < -0.39 is 23.9 Å². The molecular weight excluding hydrogens is 359 g/mol. The fraction of sp³-hybridized carbons (Fsp3) is 0.357. The van der Waals surface area contributed by atoms with E-state index in [-0.39, 0.29) is 12.8 Å². The number of carbonyl (C=O) groups excluding carboxylic acids is 2. The van der Waals surface area contributed by atoms with Gasteiger partial charge in [-0.05, 0) is 37.2 Å². The van der Waals surface area contributed by atoms with Crippen molar-refractivity contribution in [2.45, 2.75) is 25.4 Å². The van der Waals surface area contributed by atoms with Crippen LogP contribution in [0.3, 0.4) is 0 Å². The van der Waals surface area contributed by atoms with Crippen LogP contribution in [-0.4, -0.2) is 36.1 Å². The molecule has 0 radical (unpaired) electrons. The molecule has 0 bridgehead atoms. The molecule has 134 valence electrons. The lowest BCUT2D eigenvalue weighted by atomic mass is 10.1. The second-order valence-electron chi connectivity index (χ2n) is 4.68. The molecule has 1 atom stereocenters. The second kappa shape index (κ2) is 11.5. The van der Waals surface area contributed by atoms with Gasteiger partial charge in [-0.25, -0.2) is 4.79 Å². The zero-order valence-corrected chi connectivity index (χ0v) is 14.5. The third-order valence-electron chi connectivity index (χ3n) is 2.72. The lowest BCUT2D eigenvalue weighted by molar-refractivity contribution is -0.139. The Morgan fingerprint density at radius 3 is 2.08 bits per heavy atom. The van der Waals surface area contributed by atoms with E-state index >= 15 is 0 Å². The van der Waals surface area contributed by atoms with Crippen molar-refractivity contribution in [1.29, 1.82) is 0 Å². The molecule has 0 aliphatic carbocycles. The van der Waals surface area contributed by atoms with Crippen LogP contribution >= 0.6 is 23.2 Å². The maximum absolute atomic E-state index is 10.4. The summed E-state index contributed by atoms with van der Waals surface area (Å²) in [6.45, 7) is 0.329. The zero-order chi connectivity index (χ0) is 18.7. The minimum absolute atomic E-state index is 0.0950. The first-order chi connectivity index (χ1) is 11.1. The number of nitrogens with one attached hydrogen (secondary N) is 2. The van der Waals surface area contributed by atoms with Crippen LogP contribution in [0.4, 0.5) is 4.79 Å². The predicted molar refractivity (Wildman–Crippen MR) is 91.8 cm³/mol. The Morgan fingerprint density at radius 1 is 1.17 bits per heavy atom.